The van der Waals surface area contributed by atoms with Crippen LogP contribution < -0.4 is 5.73 Å². The van der Waals surface area contributed by atoms with Crippen molar-refractivity contribution in [1.29, 1.82) is 0 Å². The number of halogens is 1. The molecule has 0 aliphatic heterocycles. The van der Waals surface area contributed by atoms with Crippen LogP contribution in [0.15, 0.2) is 23.1 Å². The molecule has 1 aliphatic carbocycles. The number of anilines is 1. The monoisotopic (exact) mass is 257 g/mol. The lowest BCUT2D eigenvalue weighted by atomic mass is 10.1. The molecule has 0 atom stereocenters. The maximum atomic E-state index is 10.2. The van der Waals surface area contributed by atoms with E-state index in [4.69, 9.17) is 17.3 Å². The summed E-state index contributed by atoms with van der Waals surface area (Å²) in [6.07, 6.45) is 4.03. The van der Waals surface area contributed by atoms with E-state index in [0.29, 0.717) is 16.5 Å². The third-order valence-electron chi connectivity index (χ3n) is 3.02. The second kappa shape index (κ2) is 4.86. The number of nitrogen functional groups attached to an aromatic ring is 1. The van der Waals surface area contributed by atoms with Crippen molar-refractivity contribution >= 4 is 29.1 Å². The molecule has 16 heavy (non-hydrogen) atoms. The van der Waals surface area contributed by atoms with Crippen LogP contribution in [0.25, 0.3) is 0 Å². The highest BCUT2D eigenvalue weighted by Gasteiger charge is 2.31. The minimum absolute atomic E-state index is 0.518. The Bertz CT molecular complexity index is 357. The Morgan fingerprint density at radius 1 is 1.38 bits per heavy atom. The molecule has 2 rings (SSSR count). The van der Waals surface area contributed by atoms with Crippen LogP contribution in [0.4, 0.5) is 5.69 Å². The molecule has 0 bridgehead atoms. The smallest absolute Gasteiger partial charge is 0.0741 e. The van der Waals surface area contributed by atoms with Gasteiger partial charge in [-0.1, -0.05) is 30.5 Å². The molecule has 88 valence electrons. The van der Waals surface area contributed by atoms with E-state index in [9.17, 15) is 5.11 Å². The van der Waals surface area contributed by atoms with Crippen molar-refractivity contribution in [2.24, 2.45) is 0 Å². The van der Waals surface area contributed by atoms with Crippen molar-refractivity contribution in [2.45, 2.75) is 36.2 Å². The second-order valence-electron chi connectivity index (χ2n) is 4.38. The summed E-state index contributed by atoms with van der Waals surface area (Å²) < 4.78 is 0. The fourth-order valence-electron chi connectivity index (χ4n) is 2.06. The summed E-state index contributed by atoms with van der Waals surface area (Å²) in [6, 6.07) is 5.51. The normalized spacial score (nSPS) is 18.9. The summed E-state index contributed by atoms with van der Waals surface area (Å²) in [5.74, 6) is 0.681. The molecule has 3 N–H and O–H groups in total. The van der Waals surface area contributed by atoms with Crippen molar-refractivity contribution in [3.63, 3.8) is 0 Å². The van der Waals surface area contributed by atoms with E-state index < -0.39 is 5.60 Å². The number of nitrogens with two attached hydrogens (primary N) is 1. The molecular formula is C12H16ClNOS. The van der Waals surface area contributed by atoms with Gasteiger partial charge in [0.2, 0.25) is 0 Å². The Morgan fingerprint density at radius 2 is 2.06 bits per heavy atom. The fourth-order valence-corrected chi connectivity index (χ4v) is 3.55. The van der Waals surface area contributed by atoms with E-state index in [0.717, 1.165) is 30.6 Å². The van der Waals surface area contributed by atoms with Crippen LogP contribution in [-0.2, 0) is 0 Å². The van der Waals surface area contributed by atoms with Gasteiger partial charge in [0, 0.05) is 16.3 Å². The van der Waals surface area contributed by atoms with E-state index in [-0.39, 0.29) is 0 Å². The van der Waals surface area contributed by atoms with Crippen molar-refractivity contribution in [3.8, 4) is 0 Å². The van der Waals surface area contributed by atoms with Crippen LogP contribution in [0.2, 0.25) is 5.02 Å². The van der Waals surface area contributed by atoms with Gasteiger partial charge >= 0.3 is 0 Å². The molecule has 0 saturated heterocycles. The summed E-state index contributed by atoms with van der Waals surface area (Å²) in [7, 11) is 0. The lowest BCUT2D eigenvalue weighted by Crippen LogP contribution is -2.27. The SMILES string of the molecule is Nc1cccc(Cl)c1SCC1(O)CCCC1. The molecule has 0 heterocycles. The fraction of sp³-hybridized carbons (Fsp3) is 0.500. The number of thioether (sulfide) groups is 1. The average molecular weight is 258 g/mol. The summed E-state index contributed by atoms with van der Waals surface area (Å²) in [6.45, 7) is 0. The zero-order valence-electron chi connectivity index (χ0n) is 9.08. The number of rotatable bonds is 3. The largest absolute Gasteiger partial charge is 0.398 e. The zero-order valence-corrected chi connectivity index (χ0v) is 10.7. The van der Waals surface area contributed by atoms with Crippen LogP contribution in [0.3, 0.4) is 0 Å². The third-order valence-corrected chi connectivity index (χ3v) is 4.87. The Morgan fingerprint density at radius 3 is 2.69 bits per heavy atom. The highest BCUT2D eigenvalue weighted by atomic mass is 35.5. The molecule has 0 radical (unpaired) electrons. The van der Waals surface area contributed by atoms with E-state index in [1.165, 1.54) is 0 Å². The van der Waals surface area contributed by atoms with E-state index in [2.05, 4.69) is 0 Å². The van der Waals surface area contributed by atoms with Gasteiger partial charge in [0.25, 0.3) is 0 Å². The maximum absolute atomic E-state index is 10.2. The lowest BCUT2D eigenvalue weighted by Gasteiger charge is -2.21. The van der Waals surface area contributed by atoms with Crippen LogP contribution >= 0.6 is 23.4 Å². The summed E-state index contributed by atoms with van der Waals surface area (Å²) in [5.41, 5.74) is 6.04. The van der Waals surface area contributed by atoms with Gasteiger partial charge < -0.3 is 10.8 Å². The highest BCUT2D eigenvalue weighted by Crippen LogP contribution is 2.38. The molecule has 4 heteroatoms. The Balaban J connectivity index is 2.04. The quantitative estimate of drug-likeness (QED) is 0.645. The molecule has 1 saturated carbocycles. The summed E-state index contributed by atoms with van der Waals surface area (Å²) in [4.78, 5) is 0.893. The summed E-state index contributed by atoms with van der Waals surface area (Å²) in [5, 5.41) is 10.9. The predicted octanol–water partition coefficient (Wildman–Crippen LogP) is 3.32. The molecule has 1 fully saturated rings. The number of hydrogen-bond donors (Lipinski definition) is 2. The van der Waals surface area contributed by atoms with Crippen molar-refractivity contribution in [3.05, 3.63) is 23.2 Å². The molecule has 0 spiro atoms. The minimum atomic E-state index is -0.518. The molecular weight excluding hydrogens is 242 g/mol. The number of benzene rings is 1. The van der Waals surface area contributed by atoms with Gasteiger partial charge in [0.15, 0.2) is 0 Å². The highest BCUT2D eigenvalue weighted by molar-refractivity contribution is 7.99. The Labute approximate surface area is 105 Å². The van der Waals surface area contributed by atoms with Gasteiger partial charge in [0.05, 0.1) is 10.6 Å². The lowest BCUT2D eigenvalue weighted by molar-refractivity contribution is 0.0733. The minimum Gasteiger partial charge on any atom is -0.398 e. The Kier molecular flexibility index (Phi) is 3.67. The molecule has 1 aromatic carbocycles. The molecule has 1 aliphatic rings. The topological polar surface area (TPSA) is 46.2 Å². The van der Waals surface area contributed by atoms with Gasteiger partial charge in [-0.25, -0.2) is 0 Å². The molecule has 2 nitrogen and oxygen atoms in total. The first-order chi connectivity index (χ1) is 7.61. The van der Waals surface area contributed by atoms with Gasteiger partial charge in [-0.05, 0) is 25.0 Å². The first-order valence-corrected chi connectivity index (χ1v) is 6.86. The first kappa shape index (κ1) is 12.1. The third kappa shape index (κ3) is 2.65. The van der Waals surface area contributed by atoms with Crippen LogP contribution in [0.5, 0.6) is 0 Å². The molecule has 0 amide bonds. The zero-order chi connectivity index (χ0) is 11.6. The van der Waals surface area contributed by atoms with Gasteiger partial charge in [0.1, 0.15) is 0 Å². The van der Waals surface area contributed by atoms with Crippen molar-refractivity contribution in [2.75, 3.05) is 11.5 Å². The first-order valence-electron chi connectivity index (χ1n) is 5.50. The van der Waals surface area contributed by atoms with Gasteiger partial charge in [-0.2, -0.15) is 0 Å². The van der Waals surface area contributed by atoms with Crippen molar-refractivity contribution in [1.82, 2.24) is 0 Å². The number of aliphatic hydroxyl groups is 1. The van der Waals surface area contributed by atoms with E-state index in [1.54, 1.807) is 11.8 Å². The van der Waals surface area contributed by atoms with Gasteiger partial charge in [-0.3, -0.25) is 0 Å². The van der Waals surface area contributed by atoms with E-state index >= 15 is 0 Å². The van der Waals surface area contributed by atoms with Crippen LogP contribution in [0.1, 0.15) is 25.7 Å². The molecule has 0 unspecified atom stereocenters. The van der Waals surface area contributed by atoms with Gasteiger partial charge in [-0.15, -0.1) is 11.8 Å². The van der Waals surface area contributed by atoms with Crippen LogP contribution in [0, 0.1) is 0 Å². The average Bonchev–Trinajstić information content (AvgIpc) is 2.65. The Hall–Kier alpha value is -0.380. The van der Waals surface area contributed by atoms with Crippen molar-refractivity contribution < 1.29 is 5.11 Å². The number of hydrogen-bond acceptors (Lipinski definition) is 3. The molecule has 1 aromatic rings. The van der Waals surface area contributed by atoms with E-state index in [1.807, 2.05) is 18.2 Å². The van der Waals surface area contributed by atoms with Crippen LogP contribution in [-0.4, -0.2) is 16.5 Å². The maximum Gasteiger partial charge on any atom is 0.0741 e. The molecule has 0 aromatic heterocycles. The summed E-state index contributed by atoms with van der Waals surface area (Å²) >= 11 is 7.64. The standard InChI is InChI=1S/C12H16ClNOS/c13-9-4-3-5-10(14)11(9)16-8-12(15)6-1-2-7-12/h3-5,15H,1-2,6-8,14H2. The second-order valence-corrected chi connectivity index (χ2v) is 5.77. The predicted molar refractivity (Wildman–Crippen MR) is 70.0 cm³/mol.